The molecule has 0 saturated carbocycles. The van der Waals surface area contributed by atoms with E-state index in [2.05, 4.69) is 11.1 Å². The van der Waals surface area contributed by atoms with Crippen molar-refractivity contribution in [3.8, 4) is 0 Å². The van der Waals surface area contributed by atoms with Crippen molar-refractivity contribution in [1.82, 2.24) is 4.98 Å². The van der Waals surface area contributed by atoms with Gasteiger partial charge in [-0.3, -0.25) is 0 Å². The predicted molar refractivity (Wildman–Crippen MR) is 66.5 cm³/mol. The number of nitrogens with zero attached hydrogens (tertiary/aromatic N) is 1. The van der Waals surface area contributed by atoms with Crippen LogP contribution in [0.1, 0.15) is 0 Å². The summed E-state index contributed by atoms with van der Waals surface area (Å²) < 4.78 is 1.04. The maximum atomic E-state index is 6.09. The van der Waals surface area contributed by atoms with Gasteiger partial charge in [0.1, 0.15) is 5.15 Å². The van der Waals surface area contributed by atoms with Gasteiger partial charge in [0.25, 0.3) is 0 Å². The molecule has 2 N–H and O–H groups in total. The normalized spacial score (nSPS) is 11.3. The molecule has 0 unspecified atom stereocenters. The quantitative estimate of drug-likeness (QED) is 0.476. The van der Waals surface area contributed by atoms with Gasteiger partial charge in [-0.1, -0.05) is 17.7 Å². The second-order valence-corrected chi connectivity index (χ2v) is 4.62. The maximum absolute atomic E-state index is 6.09. The molecule has 2 nitrogen and oxygen atoms in total. The van der Waals surface area contributed by atoms with Crippen LogP contribution in [0.3, 0.4) is 0 Å². The molecule has 2 aromatic heterocycles. The van der Waals surface area contributed by atoms with Crippen LogP contribution in [-0.2, 0) is 0 Å². The summed E-state index contributed by atoms with van der Waals surface area (Å²) in [5.41, 5.74) is 7.27. The summed E-state index contributed by atoms with van der Waals surface area (Å²) in [6, 6.07) is 7.78. The van der Waals surface area contributed by atoms with Crippen molar-refractivity contribution in [2.45, 2.75) is 0 Å². The van der Waals surface area contributed by atoms with E-state index in [4.69, 9.17) is 17.3 Å². The predicted octanol–water partition coefficient (Wildman–Crippen LogP) is 3.69. The molecule has 0 aliphatic carbocycles. The minimum absolute atomic E-state index is 0.554. The number of rotatable bonds is 0. The second-order valence-electron chi connectivity index (χ2n) is 3.34. The molecule has 1 aromatic carbocycles. The summed E-state index contributed by atoms with van der Waals surface area (Å²) >= 11 is 7.70. The lowest BCUT2D eigenvalue weighted by molar-refractivity contribution is 1.45. The number of halogens is 1. The van der Waals surface area contributed by atoms with E-state index >= 15 is 0 Å². The van der Waals surface area contributed by atoms with Gasteiger partial charge in [-0.15, -0.1) is 11.3 Å². The Morgan fingerprint density at radius 2 is 2.07 bits per heavy atom. The molecule has 0 radical (unpaired) electrons. The average Bonchev–Trinajstić information content (AvgIpc) is 2.66. The third kappa shape index (κ3) is 1.28. The van der Waals surface area contributed by atoms with E-state index in [9.17, 15) is 0 Å². The smallest absolute Gasteiger partial charge is 0.147 e. The van der Waals surface area contributed by atoms with Crippen molar-refractivity contribution in [2.24, 2.45) is 0 Å². The fraction of sp³-hybridized carbons (Fsp3) is 0. The van der Waals surface area contributed by atoms with Crippen LogP contribution in [-0.4, -0.2) is 4.98 Å². The Morgan fingerprint density at radius 3 is 2.93 bits per heavy atom. The van der Waals surface area contributed by atoms with E-state index in [1.807, 2.05) is 23.6 Å². The molecule has 15 heavy (non-hydrogen) atoms. The third-order valence-corrected chi connectivity index (χ3v) is 3.69. The van der Waals surface area contributed by atoms with E-state index in [0.717, 1.165) is 21.0 Å². The second kappa shape index (κ2) is 3.08. The van der Waals surface area contributed by atoms with Crippen LogP contribution in [0.4, 0.5) is 5.69 Å². The maximum Gasteiger partial charge on any atom is 0.147 e. The zero-order valence-corrected chi connectivity index (χ0v) is 9.27. The first kappa shape index (κ1) is 8.95. The monoisotopic (exact) mass is 234 g/mol. The van der Waals surface area contributed by atoms with Gasteiger partial charge in [-0.25, -0.2) is 4.98 Å². The number of fused-ring (bicyclic) bond motifs is 3. The summed E-state index contributed by atoms with van der Waals surface area (Å²) in [5, 5.41) is 4.83. The van der Waals surface area contributed by atoms with E-state index in [-0.39, 0.29) is 0 Å². The molecule has 0 atom stereocenters. The van der Waals surface area contributed by atoms with Crippen molar-refractivity contribution >= 4 is 49.6 Å². The number of aromatic nitrogens is 1. The highest BCUT2D eigenvalue weighted by molar-refractivity contribution is 7.18. The minimum atomic E-state index is 0.554. The van der Waals surface area contributed by atoms with Crippen molar-refractivity contribution in [3.05, 3.63) is 34.8 Å². The molecule has 0 aliphatic rings. The molecule has 0 aliphatic heterocycles. The highest BCUT2D eigenvalue weighted by Gasteiger charge is 2.07. The molecular formula is C11H7ClN2S. The minimum Gasteiger partial charge on any atom is -0.399 e. The van der Waals surface area contributed by atoms with E-state index in [0.29, 0.717) is 10.8 Å². The number of nitrogen functional groups attached to an aromatic ring is 1. The Hall–Kier alpha value is -1.32. The summed E-state index contributed by atoms with van der Waals surface area (Å²) in [5.74, 6) is 0. The highest BCUT2D eigenvalue weighted by Crippen LogP contribution is 2.33. The summed E-state index contributed by atoms with van der Waals surface area (Å²) in [6.07, 6.45) is 0. The van der Waals surface area contributed by atoms with E-state index < -0.39 is 0 Å². The van der Waals surface area contributed by atoms with Crippen molar-refractivity contribution in [2.75, 3.05) is 5.73 Å². The first-order valence-corrected chi connectivity index (χ1v) is 5.73. The van der Waals surface area contributed by atoms with Gasteiger partial charge in [-0.05, 0) is 23.6 Å². The van der Waals surface area contributed by atoms with Crippen molar-refractivity contribution < 1.29 is 0 Å². The molecule has 4 heteroatoms. The lowest BCUT2D eigenvalue weighted by Crippen LogP contribution is -1.86. The topological polar surface area (TPSA) is 38.9 Å². The first-order valence-electron chi connectivity index (χ1n) is 4.47. The molecule has 0 bridgehead atoms. The van der Waals surface area contributed by atoms with Crippen LogP contribution in [0.15, 0.2) is 29.6 Å². The van der Waals surface area contributed by atoms with Crippen LogP contribution in [0.2, 0.25) is 5.15 Å². The number of thiophene rings is 1. The van der Waals surface area contributed by atoms with Gasteiger partial charge in [-0.2, -0.15) is 0 Å². The largest absolute Gasteiger partial charge is 0.399 e. The standard InChI is InChI=1S/C11H7ClN2S/c12-11-10-8(3-4-15-10)7-2-1-6(13)5-9(7)14-11/h1-5H,13H2. The summed E-state index contributed by atoms with van der Waals surface area (Å²) in [7, 11) is 0. The first-order chi connectivity index (χ1) is 7.25. The van der Waals surface area contributed by atoms with Gasteiger partial charge >= 0.3 is 0 Å². The number of anilines is 1. The Labute approximate surface area is 95.3 Å². The average molecular weight is 235 g/mol. The van der Waals surface area contributed by atoms with E-state index in [1.165, 1.54) is 0 Å². The summed E-state index contributed by atoms with van der Waals surface area (Å²) in [6.45, 7) is 0. The van der Waals surface area contributed by atoms with Crippen LogP contribution >= 0.6 is 22.9 Å². The van der Waals surface area contributed by atoms with Gasteiger partial charge in [0.2, 0.25) is 0 Å². The number of nitrogens with two attached hydrogens (primary N) is 1. The Kier molecular flexibility index (Phi) is 1.84. The van der Waals surface area contributed by atoms with Crippen LogP contribution in [0, 0.1) is 0 Å². The van der Waals surface area contributed by atoms with Crippen LogP contribution in [0.25, 0.3) is 21.0 Å². The Bertz CT molecular complexity index is 660. The Balaban J connectivity index is 2.60. The molecule has 0 amide bonds. The van der Waals surface area contributed by atoms with Crippen LogP contribution < -0.4 is 5.73 Å². The zero-order valence-electron chi connectivity index (χ0n) is 7.70. The van der Waals surface area contributed by atoms with Gasteiger partial charge < -0.3 is 5.73 Å². The van der Waals surface area contributed by atoms with E-state index in [1.54, 1.807) is 11.3 Å². The van der Waals surface area contributed by atoms with Crippen LogP contribution in [0.5, 0.6) is 0 Å². The third-order valence-electron chi connectivity index (χ3n) is 2.38. The molecular weight excluding hydrogens is 228 g/mol. The van der Waals surface area contributed by atoms with Gasteiger partial charge in [0.05, 0.1) is 10.2 Å². The van der Waals surface area contributed by atoms with Crippen molar-refractivity contribution in [3.63, 3.8) is 0 Å². The molecule has 3 aromatic rings. The zero-order chi connectivity index (χ0) is 10.4. The lowest BCUT2D eigenvalue weighted by Gasteiger charge is -2.01. The fourth-order valence-corrected chi connectivity index (χ4v) is 2.82. The number of hydrogen-bond donors (Lipinski definition) is 1. The molecule has 74 valence electrons. The van der Waals surface area contributed by atoms with Gasteiger partial charge in [0, 0.05) is 16.5 Å². The highest BCUT2D eigenvalue weighted by atomic mass is 35.5. The molecule has 0 saturated heterocycles. The SMILES string of the molecule is Nc1ccc2c(c1)nc(Cl)c1sccc12. The molecule has 3 rings (SSSR count). The Morgan fingerprint density at radius 1 is 1.20 bits per heavy atom. The summed E-state index contributed by atoms with van der Waals surface area (Å²) in [4.78, 5) is 4.33. The number of pyridine rings is 1. The number of benzene rings is 1. The van der Waals surface area contributed by atoms with Crippen molar-refractivity contribution in [1.29, 1.82) is 0 Å². The fourth-order valence-electron chi connectivity index (χ4n) is 1.71. The molecule has 0 spiro atoms. The molecule has 2 heterocycles. The molecule has 0 fully saturated rings. The van der Waals surface area contributed by atoms with Gasteiger partial charge in [0.15, 0.2) is 0 Å². The lowest BCUT2D eigenvalue weighted by atomic mass is 10.1. The number of hydrogen-bond acceptors (Lipinski definition) is 3.